The van der Waals surface area contributed by atoms with Gasteiger partial charge in [-0.1, -0.05) is 19.1 Å². The normalized spacial score (nSPS) is 13.1. The van der Waals surface area contributed by atoms with E-state index >= 15 is 0 Å². The van der Waals surface area contributed by atoms with Crippen molar-refractivity contribution in [2.24, 2.45) is 0 Å². The van der Waals surface area contributed by atoms with Gasteiger partial charge in [-0.25, -0.2) is 0 Å². The topological polar surface area (TPSA) is 88.8 Å². The summed E-state index contributed by atoms with van der Waals surface area (Å²) in [6.07, 6.45) is 1.77. The molecule has 24 heavy (non-hydrogen) atoms. The van der Waals surface area contributed by atoms with E-state index in [1.807, 2.05) is 6.92 Å². The largest absolute Gasteiger partial charge is 0.497 e. The number of rotatable bonds is 7. The Kier molecular flexibility index (Phi) is 5.28. The first-order valence-corrected chi connectivity index (χ1v) is 7.65. The summed E-state index contributed by atoms with van der Waals surface area (Å²) in [5, 5.41) is 12.1. The number of amides is 1. The van der Waals surface area contributed by atoms with Gasteiger partial charge in [-0.2, -0.15) is 0 Å². The number of hydrogen-bond acceptors (Lipinski definition) is 4. The van der Waals surface area contributed by atoms with Crippen LogP contribution >= 0.6 is 0 Å². The van der Waals surface area contributed by atoms with Gasteiger partial charge in [0.2, 0.25) is 0 Å². The smallest absolute Gasteiger partial charge is 0.306 e. The van der Waals surface area contributed by atoms with E-state index in [0.29, 0.717) is 29.1 Å². The third-order valence-corrected chi connectivity index (χ3v) is 3.91. The summed E-state index contributed by atoms with van der Waals surface area (Å²) in [5.41, 5.74) is -0.0177. The summed E-state index contributed by atoms with van der Waals surface area (Å²) < 4.78 is 10.5. The minimum absolute atomic E-state index is 0.259. The summed E-state index contributed by atoms with van der Waals surface area (Å²) in [5.74, 6) is -0.220. The number of methoxy groups -OCH3 is 1. The highest BCUT2D eigenvalue weighted by molar-refractivity contribution is 5.96. The van der Waals surface area contributed by atoms with Crippen molar-refractivity contribution in [3.63, 3.8) is 0 Å². The maximum Gasteiger partial charge on any atom is 0.306 e. The van der Waals surface area contributed by atoms with Gasteiger partial charge in [-0.15, -0.1) is 0 Å². The molecule has 1 aromatic carbocycles. The SMILES string of the molecule is CCc1occc1C(=O)NC(C)(CC(=O)O)c1cccc(OC)c1. The highest BCUT2D eigenvalue weighted by Gasteiger charge is 2.33. The molecule has 1 amide bonds. The number of carbonyl (C=O) groups is 2. The van der Waals surface area contributed by atoms with Gasteiger partial charge in [0.15, 0.2) is 0 Å². The van der Waals surface area contributed by atoms with Gasteiger partial charge < -0.3 is 19.6 Å². The molecule has 0 spiro atoms. The molecule has 0 fully saturated rings. The van der Waals surface area contributed by atoms with E-state index in [1.165, 1.54) is 13.4 Å². The van der Waals surface area contributed by atoms with Gasteiger partial charge in [0.05, 0.1) is 30.9 Å². The molecule has 2 aromatic rings. The fourth-order valence-corrected chi connectivity index (χ4v) is 2.62. The number of aryl methyl sites for hydroxylation is 1. The van der Waals surface area contributed by atoms with Crippen molar-refractivity contribution in [1.82, 2.24) is 5.32 Å². The first kappa shape index (κ1) is 17.6. The summed E-state index contributed by atoms with van der Waals surface area (Å²) in [6.45, 7) is 3.56. The molecule has 1 heterocycles. The predicted molar refractivity (Wildman–Crippen MR) is 88.2 cm³/mol. The molecule has 0 bridgehead atoms. The quantitative estimate of drug-likeness (QED) is 0.814. The summed E-state index contributed by atoms with van der Waals surface area (Å²) in [6, 6.07) is 8.59. The average Bonchev–Trinajstić information content (AvgIpc) is 3.03. The molecular weight excluding hydrogens is 310 g/mol. The molecule has 0 saturated heterocycles. The van der Waals surface area contributed by atoms with Crippen LogP contribution in [0.1, 0.15) is 41.9 Å². The van der Waals surface area contributed by atoms with Crippen molar-refractivity contribution >= 4 is 11.9 Å². The maximum atomic E-state index is 12.6. The number of ether oxygens (including phenoxy) is 1. The summed E-state index contributed by atoms with van der Waals surface area (Å²) >= 11 is 0. The molecule has 1 aromatic heterocycles. The molecule has 0 radical (unpaired) electrons. The maximum absolute atomic E-state index is 12.6. The van der Waals surface area contributed by atoms with Crippen molar-refractivity contribution in [2.75, 3.05) is 7.11 Å². The Bertz CT molecular complexity index is 737. The van der Waals surface area contributed by atoms with Crippen LogP contribution in [-0.4, -0.2) is 24.1 Å². The zero-order chi connectivity index (χ0) is 17.7. The van der Waals surface area contributed by atoms with Gasteiger partial charge in [0.1, 0.15) is 11.5 Å². The number of aliphatic carboxylic acids is 1. The van der Waals surface area contributed by atoms with Gasteiger partial charge in [-0.05, 0) is 30.7 Å². The lowest BCUT2D eigenvalue weighted by atomic mass is 9.88. The molecule has 6 heteroatoms. The Morgan fingerprint density at radius 2 is 2.08 bits per heavy atom. The fourth-order valence-electron chi connectivity index (χ4n) is 2.62. The van der Waals surface area contributed by atoms with Crippen molar-refractivity contribution in [3.8, 4) is 5.75 Å². The van der Waals surface area contributed by atoms with Gasteiger partial charge in [-0.3, -0.25) is 9.59 Å². The van der Waals surface area contributed by atoms with Crippen LogP contribution in [0.25, 0.3) is 0 Å². The van der Waals surface area contributed by atoms with Crippen molar-refractivity contribution < 1.29 is 23.8 Å². The van der Waals surface area contributed by atoms with Crippen LogP contribution in [0.2, 0.25) is 0 Å². The molecule has 2 rings (SSSR count). The van der Waals surface area contributed by atoms with E-state index < -0.39 is 11.5 Å². The third kappa shape index (κ3) is 3.76. The monoisotopic (exact) mass is 331 g/mol. The van der Waals surface area contributed by atoms with Crippen LogP contribution in [0.4, 0.5) is 0 Å². The van der Waals surface area contributed by atoms with Crippen LogP contribution in [0.5, 0.6) is 5.75 Å². The predicted octanol–water partition coefficient (Wildman–Crippen LogP) is 2.97. The number of benzene rings is 1. The molecule has 1 unspecified atom stereocenters. The third-order valence-electron chi connectivity index (χ3n) is 3.91. The Labute approximate surface area is 140 Å². The first-order chi connectivity index (χ1) is 11.4. The molecule has 0 aliphatic rings. The number of carboxylic acids is 1. The molecule has 0 saturated carbocycles. The van der Waals surface area contributed by atoms with Crippen LogP contribution in [0.15, 0.2) is 41.0 Å². The van der Waals surface area contributed by atoms with Crippen LogP contribution in [0, 0.1) is 0 Å². The Balaban J connectivity index is 2.36. The van der Waals surface area contributed by atoms with E-state index in [9.17, 15) is 14.7 Å². The van der Waals surface area contributed by atoms with Crippen molar-refractivity contribution in [3.05, 3.63) is 53.5 Å². The zero-order valence-electron chi connectivity index (χ0n) is 14.0. The number of furan rings is 1. The minimum atomic E-state index is -1.08. The summed E-state index contributed by atoms with van der Waals surface area (Å²) in [7, 11) is 1.53. The number of nitrogens with one attached hydrogen (secondary N) is 1. The van der Waals surface area contributed by atoms with E-state index in [2.05, 4.69) is 5.32 Å². The Hall–Kier alpha value is -2.76. The van der Waals surface area contributed by atoms with Crippen LogP contribution in [-0.2, 0) is 16.8 Å². The van der Waals surface area contributed by atoms with Crippen molar-refractivity contribution in [2.45, 2.75) is 32.2 Å². The summed E-state index contributed by atoms with van der Waals surface area (Å²) in [4.78, 5) is 23.9. The lowest BCUT2D eigenvalue weighted by molar-refractivity contribution is -0.138. The van der Waals surface area contributed by atoms with E-state index in [1.54, 1.807) is 37.3 Å². The van der Waals surface area contributed by atoms with E-state index in [0.717, 1.165) is 0 Å². The zero-order valence-corrected chi connectivity index (χ0v) is 14.0. The number of carbonyl (C=O) groups excluding carboxylic acids is 1. The average molecular weight is 331 g/mol. The second-order valence-corrected chi connectivity index (χ2v) is 5.70. The molecule has 2 N–H and O–H groups in total. The Morgan fingerprint density at radius 3 is 2.71 bits per heavy atom. The standard InChI is InChI=1S/C18H21NO5/c1-4-15-14(8-9-24-15)17(22)19-18(2,11-16(20)21)12-6-5-7-13(10-12)23-3/h5-10H,4,11H2,1-3H3,(H,19,22)(H,20,21). The molecular formula is C18H21NO5. The molecule has 6 nitrogen and oxygen atoms in total. The lowest BCUT2D eigenvalue weighted by Gasteiger charge is -2.30. The molecule has 128 valence electrons. The van der Waals surface area contributed by atoms with Gasteiger partial charge in [0, 0.05) is 6.42 Å². The Morgan fingerprint density at radius 1 is 1.33 bits per heavy atom. The van der Waals surface area contributed by atoms with E-state index in [4.69, 9.17) is 9.15 Å². The molecule has 0 aliphatic heterocycles. The van der Waals surface area contributed by atoms with Crippen LogP contribution in [0.3, 0.4) is 0 Å². The van der Waals surface area contributed by atoms with Gasteiger partial charge >= 0.3 is 5.97 Å². The van der Waals surface area contributed by atoms with Gasteiger partial charge in [0.25, 0.3) is 5.91 Å². The highest BCUT2D eigenvalue weighted by atomic mass is 16.5. The second kappa shape index (κ2) is 7.21. The number of carboxylic acid groups (broad SMARTS) is 1. The highest BCUT2D eigenvalue weighted by Crippen LogP contribution is 2.28. The fraction of sp³-hybridized carbons (Fsp3) is 0.333. The lowest BCUT2D eigenvalue weighted by Crippen LogP contribution is -2.45. The minimum Gasteiger partial charge on any atom is -0.497 e. The first-order valence-electron chi connectivity index (χ1n) is 7.65. The van der Waals surface area contributed by atoms with E-state index in [-0.39, 0.29) is 12.3 Å². The molecule has 0 aliphatic carbocycles. The molecule has 1 atom stereocenters. The van der Waals surface area contributed by atoms with Crippen LogP contribution < -0.4 is 10.1 Å². The second-order valence-electron chi connectivity index (χ2n) is 5.70. The van der Waals surface area contributed by atoms with Crippen molar-refractivity contribution in [1.29, 1.82) is 0 Å². The number of hydrogen-bond donors (Lipinski definition) is 2.